The largest absolute Gasteiger partial charge is 0.453 e. The normalized spacial score (nSPS) is 13.7. The van der Waals surface area contributed by atoms with E-state index >= 15 is 0 Å². The number of aromatic nitrogens is 4. The van der Waals surface area contributed by atoms with E-state index in [1.54, 1.807) is 0 Å². The van der Waals surface area contributed by atoms with E-state index in [0.29, 0.717) is 4.52 Å². The van der Waals surface area contributed by atoms with Crippen LogP contribution in [0.1, 0.15) is 5.82 Å². The molecule has 0 fully saturated rings. The van der Waals surface area contributed by atoms with Gasteiger partial charge in [-0.15, -0.1) is 15.3 Å². The van der Waals surface area contributed by atoms with E-state index in [1.807, 2.05) is 0 Å². The van der Waals surface area contributed by atoms with Crippen LogP contribution in [-0.4, -0.2) is 49.3 Å². The zero-order valence-corrected chi connectivity index (χ0v) is 9.46. The van der Waals surface area contributed by atoms with E-state index in [0.717, 1.165) is 0 Å². The van der Waals surface area contributed by atoms with Crippen molar-refractivity contribution >= 4 is 11.5 Å². The third-order valence-electron chi connectivity index (χ3n) is 2.25. The van der Waals surface area contributed by atoms with Crippen LogP contribution in [0.25, 0.3) is 5.65 Å². The number of aliphatic hydroxyl groups excluding tert-OH is 2. The van der Waals surface area contributed by atoms with Crippen molar-refractivity contribution < 1.29 is 23.4 Å². The van der Waals surface area contributed by atoms with Crippen LogP contribution in [-0.2, 0) is 6.18 Å². The van der Waals surface area contributed by atoms with Crippen LogP contribution >= 0.6 is 0 Å². The summed E-state index contributed by atoms with van der Waals surface area (Å²) in [5.41, 5.74) is -0.0411. The molecule has 0 saturated heterocycles. The molecular formula is C9H10F3N5O2. The predicted octanol–water partition coefficient (Wildman–Crippen LogP) is -0.0918. The fourth-order valence-electron chi connectivity index (χ4n) is 1.35. The molecule has 7 nitrogen and oxygen atoms in total. The molecule has 0 bridgehead atoms. The summed E-state index contributed by atoms with van der Waals surface area (Å²) in [5.74, 6) is -1.13. The van der Waals surface area contributed by atoms with Crippen molar-refractivity contribution in [3.05, 3.63) is 18.0 Å². The number of nitrogens with zero attached hydrogens (tertiary/aromatic N) is 4. The maximum Gasteiger partial charge on any atom is 0.453 e. The number of rotatable bonds is 4. The first-order valence-corrected chi connectivity index (χ1v) is 5.24. The van der Waals surface area contributed by atoms with Crippen LogP contribution in [0.2, 0.25) is 0 Å². The van der Waals surface area contributed by atoms with Gasteiger partial charge in [0, 0.05) is 6.54 Å². The minimum absolute atomic E-state index is 0.0411. The van der Waals surface area contributed by atoms with Crippen molar-refractivity contribution in [3.8, 4) is 0 Å². The Hall–Kier alpha value is -1.94. The lowest BCUT2D eigenvalue weighted by Crippen LogP contribution is -2.23. The Labute approximate surface area is 104 Å². The van der Waals surface area contributed by atoms with Gasteiger partial charge in [-0.25, -0.2) is 0 Å². The van der Waals surface area contributed by atoms with E-state index in [2.05, 4.69) is 20.6 Å². The van der Waals surface area contributed by atoms with Gasteiger partial charge in [0.05, 0.1) is 12.7 Å². The van der Waals surface area contributed by atoms with Crippen molar-refractivity contribution in [1.29, 1.82) is 0 Å². The number of halogens is 3. The second-order valence-electron chi connectivity index (χ2n) is 3.73. The minimum atomic E-state index is -4.66. The maximum absolute atomic E-state index is 12.6. The quantitative estimate of drug-likeness (QED) is 0.723. The lowest BCUT2D eigenvalue weighted by molar-refractivity contribution is -0.146. The van der Waals surface area contributed by atoms with Gasteiger partial charge in [-0.3, -0.25) is 0 Å². The maximum atomic E-state index is 12.6. The third kappa shape index (κ3) is 2.90. The number of alkyl halides is 3. The molecule has 10 heteroatoms. The van der Waals surface area contributed by atoms with Gasteiger partial charge >= 0.3 is 6.18 Å². The van der Waals surface area contributed by atoms with Gasteiger partial charge in [-0.1, -0.05) is 0 Å². The van der Waals surface area contributed by atoms with Crippen molar-refractivity contribution in [2.24, 2.45) is 0 Å². The fourth-order valence-corrected chi connectivity index (χ4v) is 1.35. The van der Waals surface area contributed by atoms with Crippen molar-refractivity contribution in [3.63, 3.8) is 0 Å². The van der Waals surface area contributed by atoms with Crippen LogP contribution in [0.5, 0.6) is 0 Å². The van der Waals surface area contributed by atoms with Gasteiger partial charge in [0.1, 0.15) is 5.82 Å². The molecule has 2 aromatic rings. The molecule has 1 unspecified atom stereocenters. The average Bonchev–Trinajstić information content (AvgIpc) is 2.78. The zero-order valence-electron chi connectivity index (χ0n) is 9.46. The number of anilines is 1. The summed E-state index contributed by atoms with van der Waals surface area (Å²) in [6.45, 7) is -0.506. The van der Waals surface area contributed by atoms with Crippen molar-refractivity contribution in [2.75, 3.05) is 18.5 Å². The highest BCUT2D eigenvalue weighted by atomic mass is 19.4. The summed E-state index contributed by atoms with van der Waals surface area (Å²) >= 11 is 0. The summed E-state index contributed by atoms with van der Waals surface area (Å²) in [4.78, 5) is 0. The van der Waals surface area contributed by atoms with Gasteiger partial charge in [0.2, 0.25) is 0 Å². The molecule has 0 aliphatic carbocycles. The summed E-state index contributed by atoms with van der Waals surface area (Å²) in [6.07, 6.45) is -5.68. The third-order valence-corrected chi connectivity index (χ3v) is 2.25. The first kappa shape index (κ1) is 13.5. The monoisotopic (exact) mass is 277 g/mol. The Morgan fingerprint density at radius 1 is 1.32 bits per heavy atom. The topological polar surface area (TPSA) is 95.6 Å². The molecule has 0 saturated carbocycles. The van der Waals surface area contributed by atoms with Gasteiger partial charge < -0.3 is 15.5 Å². The average molecular weight is 277 g/mol. The lowest BCUT2D eigenvalue weighted by Gasteiger charge is -2.10. The van der Waals surface area contributed by atoms with Crippen LogP contribution in [0, 0.1) is 0 Å². The molecule has 3 N–H and O–H groups in total. The lowest BCUT2D eigenvalue weighted by atomic mass is 10.4. The molecule has 0 aromatic carbocycles. The number of fused-ring (bicyclic) bond motifs is 1. The molecule has 0 spiro atoms. The first-order valence-electron chi connectivity index (χ1n) is 5.24. The summed E-state index contributed by atoms with van der Waals surface area (Å²) in [5, 5.41) is 30.4. The molecule has 19 heavy (non-hydrogen) atoms. The Morgan fingerprint density at radius 2 is 2.05 bits per heavy atom. The van der Waals surface area contributed by atoms with Crippen LogP contribution in [0.3, 0.4) is 0 Å². The molecule has 2 rings (SSSR count). The standard InChI is InChI=1S/C9H10F3N5O2/c10-9(11,12)8-15-14-7-2-1-6(16-17(7)8)13-3-5(19)4-18/h1-2,5,18-19H,3-4H2,(H,13,16). The van der Waals surface area contributed by atoms with Crippen molar-refractivity contribution in [1.82, 2.24) is 19.8 Å². The highest BCUT2D eigenvalue weighted by Gasteiger charge is 2.37. The van der Waals surface area contributed by atoms with E-state index in [4.69, 9.17) is 10.2 Å². The van der Waals surface area contributed by atoms with E-state index < -0.39 is 24.7 Å². The molecule has 1 atom stereocenters. The predicted molar refractivity (Wildman–Crippen MR) is 57.4 cm³/mol. The van der Waals surface area contributed by atoms with Crippen molar-refractivity contribution in [2.45, 2.75) is 12.3 Å². The summed E-state index contributed by atoms with van der Waals surface area (Å²) in [7, 11) is 0. The van der Waals surface area contributed by atoms with Crippen LogP contribution in [0.4, 0.5) is 19.0 Å². The highest BCUT2D eigenvalue weighted by molar-refractivity contribution is 5.44. The number of hydrogen-bond acceptors (Lipinski definition) is 6. The number of nitrogens with one attached hydrogen (secondary N) is 1. The summed E-state index contributed by atoms with van der Waals surface area (Å²) < 4.78 is 38.3. The van der Waals surface area contributed by atoms with Gasteiger partial charge in [0.25, 0.3) is 5.82 Å². The second-order valence-corrected chi connectivity index (χ2v) is 3.73. The van der Waals surface area contributed by atoms with Gasteiger partial charge in [0.15, 0.2) is 5.65 Å². The Bertz CT molecular complexity index is 570. The molecular weight excluding hydrogens is 267 g/mol. The molecule has 2 aromatic heterocycles. The van der Waals surface area contributed by atoms with E-state index in [1.165, 1.54) is 12.1 Å². The molecule has 104 valence electrons. The van der Waals surface area contributed by atoms with Gasteiger partial charge in [-0.2, -0.15) is 17.7 Å². The zero-order chi connectivity index (χ0) is 14.0. The molecule has 2 heterocycles. The molecule has 0 radical (unpaired) electrons. The summed E-state index contributed by atoms with van der Waals surface area (Å²) in [6, 6.07) is 2.71. The highest BCUT2D eigenvalue weighted by Crippen LogP contribution is 2.27. The van der Waals surface area contributed by atoms with E-state index in [-0.39, 0.29) is 18.0 Å². The van der Waals surface area contributed by atoms with Crippen LogP contribution < -0.4 is 5.32 Å². The van der Waals surface area contributed by atoms with E-state index in [9.17, 15) is 13.2 Å². The minimum Gasteiger partial charge on any atom is -0.394 e. The molecule has 0 amide bonds. The molecule has 0 aliphatic rings. The second kappa shape index (κ2) is 4.97. The fraction of sp³-hybridized carbons (Fsp3) is 0.444. The number of aliphatic hydroxyl groups is 2. The Morgan fingerprint density at radius 3 is 2.68 bits per heavy atom. The Kier molecular flexibility index (Phi) is 3.53. The van der Waals surface area contributed by atoms with Crippen LogP contribution in [0.15, 0.2) is 12.1 Å². The van der Waals surface area contributed by atoms with Gasteiger partial charge in [-0.05, 0) is 12.1 Å². The SMILES string of the molecule is OCC(O)CNc1ccc2nnc(C(F)(F)F)n2n1. The first-order chi connectivity index (χ1) is 8.91. The Balaban J connectivity index is 2.28. The number of hydrogen-bond donors (Lipinski definition) is 3. The molecule has 0 aliphatic heterocycles. The smallest absolute Gasteiger partial charge is 0.394 e.